The lowest BCUT2D eigenvalue weighted by atomic mass is 9.96. The molecule has 0 aliphatic carbocycles. The molecule has 2 fully saturated rings. The maximum Gasteiger partial charge on any atom is 0.324 e. The van der Waals surface area contributed by atoms with Gasteiger partial charge >= 0.3 is 6.03 Å². The monoisotopic (exact) mass is 387 g/mol. The van der Waals surface area contributed by atoms with E-state index in [0.29, 0.717) is 39.0 Å². The lowest BCUT2D eigenvalue weighted by molar-refractivity contribution is -0.126. The van der Waals surface area contributed by atoms with Gasteiger partial charge in [0.25, 0.3) is 0 Å². The Morgan fingerprint density at radius 1 is 1.18 bits per heavy atom. The fraction of sp³-hybridized carbons (Fsp3) is 0.619. The third kappa shape index (κ3) is 4.09. The second kappa shape index (κ2) is 8.39. The standard InChI is InChI=1S/C21H29N3O4/c1-15-14-24(18-6-2-3-7-19(18)28-15)21(26)23-10-8-16(9-11-23)20(25)22-13-17-5-4-12-27-17/h2-3,6-7,15-17H,4-5,8-14H2,1H3,(H,22,25)/t15-,17+/m1/s1. The van der Waals surface area contributed by atoms with Gasteiger partial charge in [0.1, 0.15) is 11.9 Å². The number of fused-ring (bicyclic) bond motifs is 1. The summed E-state index contributed by atoms with van der Waals surface area (Å²) in [6.45, 7) is 5.11. The van der Waals surface area contributed by atoms with Gasteiger partial charge in [0.05, 0.1) is 18.3 Å². The van der Waals surface area contributed by atoms with Crippen molar-refractivity contribution in [3.05, 3.63) is 24.3 Å². The van der Waals surface area contributed by atoms with Crippen LogP contribution < -0.4 is 15.0 Å². The Hall–Kier alpha value is -2.28. The minimum absolute atomic E-state index is 0.000754. The predicted octanol–water partition coefficient (Wildman–Crippen LogP) is 2.40. The Labute approximate surface area is 166 Å². The Balaban J connectivity index is 1.31. The van der Waals surface area contributed by atoms with Crippen LogP contribution in [0.4, 0.5) is 10.5 Å². The second-order valence-corrected chi connectivity index (χ2v) is 7.93. The number of anilines is 1. The van der Waals surface area contributed by atoms with Crippen molar-refractivity contribution < 1.29 is 19.1 Å². The van der Waals surface area contributed by atoms with Crippen LogP contribution in [0, 0.1) is 5.92 Å². The number of hydrogen-bond acceptors (Lipinski definition) is 4. The topological polar surface area (TPSA) is 71.1 Å². The molecule has 0 radical (unpaired) electrons. The summed E-state index contributed by atoms with van der Waals surface area (Å²) in [5.41, 5.74) is 0.821. The fourth-order valence-corrected chi connectivity index (χ4v) is 4.24. The average molecular weight is 387 g/mol. The first-order valence-electron chi connectivity index (χ1n) is 10.3. The van der Waals surface area contributed by atoms with E-state index in [2.05, 4.69) is 5.32 Å². The minimum atomic E-state index is -0.0417. The van der Waals surface area contributed by atoms with E-state index < -0.39 is 0 Å². The zero-order valence-corrected chi connectivity index (χ0v) is 16.4. The van der Waals surface area contributed by atoms with Gasteiger partial charge in [-0.05, 0) is 44.7 Å². The molecule has 0 aromatic heterocycles. The molecule has 4 rings (SSSR count). The number of amides is 3. The molecule has 3 aliphatic rings. The van der Waals surface area contributed by atoms with Gasteiger partial charge in [-0.1, -0.05) is 12.1 Å². The van der Waals surface area contributed by atoms with Gasteiger partial charge < -0.3 is 19.7 Å². The molecule has 3 aliphatic heterocycles. The van der Waals surface area contributed by atoms with Crippen LogP contribution in [0.1, 0.15) is 32.6 Å². The van der Waals surface area contributed by atoms with Crippen molar-refractivity contribution in [3.8, 4) is 5.75 Å². The molecule has 1 aromatic carbocycles. The van der Waals surface area contributed by atoms with Crippen LogP contribution in [0.5, 0.6) is 5.75 Å². The largest absolute Gasteiger partial charge is 0.487 e. The Kier molecular flexibility index (Phi) is 5.71. The highest BCUT2D eigenvalue weighted by molar-refractivity contribution is 5.94. The number of carbonyl (C=O) groups excluding carboxylic acids is 2. The van der Waals surface area contributed by atoms with Gasteiger partial charge in [0.15, 0.2) is 0 Å². The highest BCUT2D eigenvalue weighted by atomic mass is 16.5. The van der Waals surface area contributed by atoms with Crippen LogP contribution in [0.3, 0.4) is 0 Å². The Bertz CT molecular complexity index is 711. The summed E-state index contributed by atoms with van der Waals surface area (Å²) < 4.78 is 11.4. The maximum absolute atomic E-state index is 13.1. The van der Waals surface area contributed by atoms with Crippen LogP contribution in [0.2, 0.25) is 0 Å². The van der Waals surface area contributed by atoms with Crippen molar-refractivity contribution >= 4 is 17.6 Å². The molecule has 0 saturated carbocycles. The van der Waals surface area contributed by atoms with Gasteiger partial charge in [-0.15, -0.1) is 0 Å². The number of hydrogen-bond donors (Lipinski definition) is 1. The molecule has 28 heavy (non-hydrogen) atoms. The van der Waals surface area contributed by atoms with E-state index in [9.17, 15) is 9.59 Å². The van der Waals surface area contributed by atoms with Crippen LogP contribution >= 0.6 is 0 Å². The van der Waals surface area contributed by atoms with Crippen molar-refractivity contribution in [2.24, 2.45) is 5.92 Å². The highest BCUT2D eigenvalue weighted by Gasteiger charge is 2.33. The number of likely N-dealkylation sites (tertiary alicyclic amines) is 1. The number of rotatable bonds is 3. The summed E-state index contributed by atoms with van der Waals surface area (Å²) in [5, 5.41) is 3.03. The molecular weight excluding hydrogens is 358 g/mol. The molecule has 3 amide bonds. The smallest absolute Gasteiger partial charge is 0.324 e. The number of benzene rings is 1. The zero-order valence-electron chi connectivity index (χ0n) is 16.4. The van der Waals surface area contributed by atoms with Crippen molar-refractivity contribution in [2.45, 2.75) is 44.8 Å². The van der Waals surface area contributed by atoms with E-state index >= 15 is 0 Å². The van der Waals surface area contributed by atoms with Gasteiger partial charge in [-0.25, -0.2) is 4.79 Å². The van der Waals surface area contributed by atoms with Crippen molar-refractivity contribution in [2.75, 3.05) is 37.7 Å². The van der Waals surface area contributed by atoms with Crippen molar-refractivity contribution in [1.29, 1.82) is 0 Å². The molecule has 7 heteroatoms. The summed E-state index contributed by atoms with van der Waals surface area (Å²) in [6, 6.07) is 7.66. The van der Waals surface area contributed by atoms with Gasteiger partial charge in [-0.2, -0.15) is 0 Å². The van der Waals surface area contributed by atoms with E-state index in [4.69, 9.17) is 9.47 Å². The second-order valence-electron chi connectivity index (χ2n) is 7.93. The molecular formula is C21H29N3O4. The minimum Gasteiger partial charge on any atom is -0.487 e. The molecule has 1 aromatic rings. The lowest BCUT2D eigenvalue weighted by Gasteiger charge is -2.39. The third-order valence-corrected chi connectivity index (χ3v) is 5.82. The molecule has 3 heterocycles. The number of ether oxygens (including phenoxy) is 2. The quantitative estimate of drug-likeness (QED) is 0.865. The maximum atomic E-state index is 13.1. The third-order valence-electron chi connectivity index (χ3n) is 5.82. The van der Waals surface area contributed by atoms with Crippen molar-refractivity contribution in [3.63, 3.8) is 0 Å². The van der Waals surface area contributed by atoms with Crippen molar-refractivity contribution in [1.82, 2.24) is 10.2 Å². The summed E-state index contributed by atoms with van der Waals surface area (Å²) in [6.07, 6.45) is 3.61. The number of para-hydroxylation sites is 2. The summed E-state index contributed by atoms with van der Waals surface area (Å²) >= 11 is 0. The SMILES string of the molecule is C[C@@H]1CN(C(=O)N2CCC(C(=O)NC[C@@H]3CCCO3)CC2)c2ccccc2O1. The van der Waals surface area contributed by atoms with Crippen LogP contribution in [0.15, 0.2) is 24.3 Å². The Morgan fingerprint density at radius 2 is 1.96 bits per heavy atom. The first kappa shape index (κ1) is 19.1. The van der Waals surface area contributed by atoms with E-state index in [1.807, 2.05) is 36.1 Å². The molecule has 1 N–H and O–H groups in total. The number of carbonyl (C=O) groups is 2. The van der Waals surface area contributed by atoms with E-state index in [-0.39, 0.29) is 30.1 Å². The normalized spacial score (nSPS) is 25.2. The number of urea groups is 1. The molecule has 152 valence electrons. The molecule has 2 atom stereocenters. The highest BCUT2D eigenvalue weighted by Crippen LogP contribution is 2.34. The van der Waals surface area contributed by atoms with Gasteiger partial charge in [0.2, 0.25) is 5.91 Å². The average Bonchev–Trinajstić information content (AvgIpc) is 3.24. The first-order valence-corrected chi connectivity index (χ1v) is 10.3. The van der Waals surface area contributed by atoms with E-state index in [0.717, 1.165) is 30.9 Å². The number of nitrogens with zero attached hydrogens (tertiary/aromatic N) is 2. The summed E-state index contributed by atoms with van der Waals surface area (Å²) in [7, 11) is 0. The first-order chi connectivity index (χ1) is 13.6. The zero-order chi connectivity index (χ0) is 19.5. The summed E-state index contributed by atoms with van der Waals surface area (Å²) in [4.78, 5) is 29.2. The van der Waals surface area contributed by atoms with E-state index in [1.165, 1.54) is 0 Å². The summed E-state index contributed by atoms with van der Waals surface area (Å²) in [5.74, 6) is 0.812. The molecule has 2 saturated heterocycles. The van der Waals surface area contributed by atoms with Gasteiger partial charge in [-0.3, -0.25) is 9.69 Å². The number of piperidine rings is 1. The molecule has 7 nitrogen and oxygen atoms in total. The van der Waals surface area contributed by atoms with E-state index in [1.54, 1.807) is 4.90 Å². The lowest BCUT2D eigenvalue weighted by Crippen LogP contribution is -2.52. The molecule has 0 bridgehead atoms. The number of nitrogens with one attached hydrogen (secondary N) is 1. The fourth-order valence-electron chi connectivity index (χ4n) is 4.24. The Morgan fingerprint density at radius 3 is 2.71 bits per heavy atom. The van der Waals surface area contributed by atoms with Gasteiger partial charge in [0, 0.05) is 32.2 Å². The van der Waals surface area contributed by atoms with Crippen LogP contribution in [-0.2, 0) is 9.53 Å². The predicted molar refractivity (Wildman–Crippen MR) is 106 cm³/mol. The van der Waals surface area contributed by atoms with Crippen LogP contribution in [0.25, 0.3) is 0 Å². The molecule has 0 spiro atoms. The molecule has 0 unspecified atom stereocenters. The van der Waals surface area contributed by atoms with Crippen LogP contribution in [-0.4, -0.2) is 61.8 Å².